The number of hydrogen-bond donors (Lipinski definition) is 2. The second-order valence-corrected chi connectivity index (χ2v) is 7.83. The third kappa shape index (κ3) is 5.00. The maximum absolute atomic E-state index is 11.9. The molecule has 1 fully saturated rings. The fraction of sp³-hybridized carbons (Fsp3) is 0.364. The molecule has 0 aromatic heterocycles. The van der Waals surface area contributed by atoms with Gasteiger partial charge in [-0.3, -0.25) is 0 Å². The first kappa shape index (κ1) is 21.4. The zero-order valence-electron chi connectivity index (χ0n) is 16.6. The number of rotatable bonds is 6. The quantitative estimate of drug-likeness (QED) is 0.478. The minimum Gasteiger partial charge on any atom is -0.494 e. The molecule has 1 aliphatic carbocycles. The summed E-state index contributed by atoms with van der Waals surface area (Å²) < 4.78 is 10.3. The maximum Gasteiger partial charge on any atom is 0.339 e. The first-order chi connectivity index (χ1) is 14.0. The Kier molecular flexibility index (Phi) is 6.98. The van der Waals surface area contributed by atoms with Crippen molar-refractivity contribution in [3.63, 3.8) is 0 Å². The predicted molar refractivity (Wildman–Crippen MR) is 120 cm³/mol. The van der Waals surface area contributed by atoms with Crippen LogP contribution in [0.2, 0.25) is 5.02 Å². The van der Waals surface area contributed by atoms with E-state index in [2.05, 4.69) is 22.8 Å². The summed E-state index contributed by atoms with van der Waals surface area (Å²) >= 11 is 11.7. The van der Waals surface area contributed by atoms with Crippen LogP contribution in [0.5, 0.6) is 5.75 Å². The average Bonchev–Trinajstić information content (AvgIpc) is 3.19. The molecule has 0 radical (unpaired) electrons. The van der Waals surface area contributed by atoms with E-state index in [0.29, 0.717) is 28.0 Å². The number of hydrogen-bond acceptors (Lipinski definition) is 4. The number of thiocarbonyl (C=S) groups is 1. The van der Waals surface area contributed by atoms with E-state index in [4.69, 9.17) is 33.3 Å². The van der Waals surface area contributed by atoms with E-state index in [1.807, 2.05) is 19.1 Å². The van der Waals surface area contributed by atoms with E-state index in [0.717, 1.165) is 31.4 Å². The van der Waals surface area contributed by atoms with Gasteiger partial charge in [-0.05, 0) is 67.9 Å². The number of carbonyl (C=O) groups excluding carboxylic acids is 1. The molecular weight excluding hydrogens is 408 g/mol. The van der Waals surface area contributed by atoms with Gasteiger partial charge < -0.3 is 20.1 Å². The molecule has 0 bridgehead atoms. The topological polar surface area (TPSA) is 59.6 Å². The molecule has 0 atom stereocenters. The number of methoxy groups -OCH3 is 1. The van der Waals surface area contributed by atoms with Crippen molar-refractivity contribution >= 4 is 40.6 Å². The van der Waals surface area contributed by atoms with Crippen molar-refractivity contribution in [1.29, 1.82) is 0 Å². The second-order valence-electron chi connectivity index (χ2n) is 7.01. The molecule has 3 rings (SSSR count). The molecule has 5 nitrogen and oxygen atoms in total. The van der Waals surface area contributed by atoms with Crippen LogP contribution < -0.4 is 15.4 Å². The molecular formula is C22H25ClN2O3S. The highest BCUT2D eigenvalue weighted by Crippen LogP contribution is 2.39. The highest BCUT2D eigenvalue weighted by molar-refractivity contribution is 7.80. The van der Waals surface area contributed by atoms with Crippen LogP contribution in [0.4, 0.5) is 5.69 Å². The Morgan fingerprint density at radius 3 is 2.48 bits per heavy atom. The lowest BCUT2D eigenvalue weighted by molar-refractivity contribution is 0.0601. The van der Waals surface area contributed by atoms with Crippen LogP contribution in [0.25, 0.3) is 0 Å². The van der Waals surface area contributed by atoms with E-state index < -0.39 is 5.97 Å². The molecule has 1 saturated carbocycles. The van der Waals surface area contributed by atoms with Gasteiger partial charge in [0.2, 0.25) is 0 Å². The highest BCUT2D eigenvalue weighted by Gasteiger charge is 2.36. The van der Waals surface area contributed by atoms with Gasteiger partial charge in [0, 0.05) is 5.69 Å². The molecule has 0 aliphatic heterocycles. The van der Waals surface area contributed by atoms with Crippen LogP contribution in [-0.2, 0) is 10.3 Å². The maximum atomic E-state index is 11.9. The van der Waals surface area contributed by atoms with Crippen molar-refractivity contribution in [3.8, 4) is 5.75 Å². The van der Waals surface area contributed by atoms with Gasteiger partial charge in [0.05, 0.1) is 29.8 Å². The lowest BCUT2D eigenvalue weighted by Crippen LogP contribution is -2.45. The molecule has 2 aromatic rings. The van der Waals surface area contributed by atoms with Crippen LogP contribution in [0.3, 0.4) is 0 Å². The Morgan fingerprint density at radius 1 is 1.17 bits per heavy atom. The van der Waals surface area contributed by atoms with Gasteiger partial charge >= 0.3 is 5.97 Å². The van der Waals surface area contributed by atoms with Gasteiger partial charge in [-0.2, -0.15) is 0 Å². The number of carbonyl (C=O) groups is 1. The SMILES string of the molecule is CCOc1ccc(C2(NC(=S)Nc3ccc(Cl)c(C(=O)OC)c3)CCCC2)cc1. The zero-order valence-corrected chi connectivity index (χ0v) is 18.2. The van der Waals surface area contributed by atoms with Gasteiger partial charge in [0.1, 0.15) is 5.75 Å². The number of benzene rings is 2. The second kappa shape index (κ2) is 9.46. The van der Waals surface area contributed by atoms with Crippen LogP contribution in [0.1, 0.15) is 48.5 Å². The van der Waals surface area contributed by atoms with Crippen molar-refractivity contribution in [2.75, 3.05) is 19.0 Å². The minimum absolute atomic E-state index is 0.216. The number of halogens is 1. The average molecular weight is 433 g/mol. The summed E-state index contributed by atoms with van der Waals surface area (Å²) in [5.74, 6) is 0.376. The van der Waals surface area contributed by atoms with E-state index in [1.165, 1.54) is 12.7 Å². The molecule has 0 unspecified atom stereocenters. The number of esters is 1. The summed E-state index contributed by atoms with van der Waals surface area (Å²) in [5, 5.41) is 7.52. The molecule has 0 saturated heterocycles. The zero-order chi connectivity index (χ0) is 20.9. The van der Waals surface area contributed by atoms with Crippen LogP contribution in [-0.4, -0.2) is 24.8 Å². The largest absolute Gasteiger partial charge is 0.494 e. The molecule has 29 heavy (non-hydrogen) atoms. The Hall–Kier alpha value is -2.31. The fourth-order valence-corrected chi connectivity index (χ4v) is 4.26. The van der Waals surface area contributed by atoms with E-state index in [1.54, 1.807) is 18.2 Å². The van der Waals surface area contributed by atoms with E-state index in [-0.39, 0.29) is 5.54 Å². The molecule has 7 heteroatoms. The highest BCUT2D eigenvalue weighted by atomic mass is 35.5. The molecule has 0 heterocycles. The Morgan fingerprint density at radius 2 is 1.86 bits per heavy atom. The summed E-state index contributed by atoms with van der Waals surface area (Å²) in [7, 11) is 1.33. The first-order valence-electron chi connectivity index (χ1n) is 9.68. The van der Waals surface area contributed by atoms with Crippen molar-refractivity contribution in [2.45, 2.75) is 38.1 Å². The van der Waals surface area contributed by atoms with E-state index in [9.17, 15) is 4.79 Å². The van der Waals surface area contributed by atoms with Crippen molar-refractivity contribution < 1.29 is 14.3 Å². The van der Waals surface area contributed by atoms with Gasteiger partial charge in [-0.15, -0.1) is 0 Å². The number of ether oxygens (including phenoxy) is 2. The molecule has 0 amide bonds. The smallest absolute Gasteiger partial charge is 0.339 e. The Balaban J connectivity index is 1.76. The van der Waals surface area contributed by atoms with Gasteiger partial charge in [0.15, 0.2) is 5.11 Å². The lowest BCUT2D eigenvalue weighted by Gasteiger charge is -2.32. The predicted octanol–water partition coefficient (Wildman–Crippen LogP) is 5.28. The molecule has 0 spiro atoms. The van der Waals surface area contributed by atoms with Crippen molar-refractivity contribution in [3.05, 3.63) is 58.6 Å². The Bertz CT molecular complexity index is 880. The third-order valence-corrected chi connectivity index (χ3v) is 5.69. The molecule has 2 aromatic carbocycles. The lowest BCUT2D eigenvalue weighted by atomic mass is 9.88. The molecule has 2 N–H and O–H groups in total. The van der Waals surface area contributed by atoms with Crippen LogP contribution >= 0.6 is 23.8 Å². The number of nitrogens with one attached hydrogen (secondary N) is 2. The molecule has 1 aliphatic rings. The summed E-state index contributed by atoms with van der Waals surface area (Å²) in [6.07, 6.45) is 4.26. The summed E-state index contributed by atoms with van der Waals surface area (Å²) in [6.45, 7) is 2.62. The van der Waals surface area contributed by atoms with E-state index >= 15 is 0 Å². The van der Waals surface area contributed by atoms with Gasteiger partial charge in [-0.25, -0.2) is 4.79 Å². The standard InChI is InChI=1S/C22H25ClN2O3S/c1-3-28-17-9-6-15(7-10-17)22(12-4-5-13-22)25-21(29)24-16-8-11-19(23)18(14-16)20(26)27-2/h6-11,14H,3-5,12-13H2,1-2H3,(H2,24,25,29). The van der Waals surface area contributed by atoms with Crippen LogP contribution in [0.15, 0.2) is 42.5 Å². The summed E-state index contributed by atoms with van der Waals surface area (Å²) in [4.78, 5) is 11.9. The normalized spacial score (nSPS) is 14.9. The summed E-state index contributed by atoms with van der Waals surface area (Å²) in [5.41, 5.74) is 1.94. The fourth-order valence-electron chi connectivity index (χ4n) is 3.75. The van der Waals surface area contributed by atoms with Gasteiger partial charge in [-0.1, -0.05) is 36.6 Å². The third-order valence-electron chi connectivity index (χ3n) is 5.16. The Labute approximate surface area is 181 Å². The number of anilines is 1. The van der Waals surface area contributed by atoms with Crippen molar-refractivity contribution in [2.24, 2.45) is 0 Å². The molecule has 154 valence electrons. The summed E-state index contributed by atoms with van der Waals surface area (Å²) in [6, 6.07) is 13.3. The van der Waals surface area contributed by atoms with Crippen molar-refractivity contribution in [1.82, 2.24) is 5.32 Å². The minimum atomic E-state index is -0.487. The van der Waals surface area contributed by atoms with Crippen LogP contribution in [0, 0.1) is 0 Å². The first-order valence-corrected chi connectivity index (χ1v) is 10.5. The monoisotopic (exact) mass is 432 g/mol. The van der Waals surface area contributed by atoms with Gasteiger partial charge in [0.25, 0.3) is 0 Å².